The first-order valence-electron chi connectivity index (χ1n) is 12.1. The number of aromatic nitrogens is 1. The highest BCUT2D eigenvalue weighted by Crippen LogP contribution is 2.41. The lowest BCUT2D eigenvalue weighted by Crippen LogP contribution is -2.29. The number of Topliss-reactive ketones (excluding diaryl/α,β-unsaturated/α-hetero) is 1. The molecule has 0 radical (unpaired) electrons. The third kappa shape index (κ3) is 4.93. The molecule has 0 atom stereocenters. The first kappa shape index (κ1) is 26.3. The topological polar surface area (TPSA) is 68.6 Å². The van der Waals surface area contributed by atoms with Crippen molar-refractivity contribution in [2.45, 2.75) is 34.6 Å². The zero-order valence-corrected chi connectivity index (χ0v) is 22.6. The highest BCUT2D eigenvalue weighted by Gasteiger charge is 2.22. The number of ether oxygens (including phenoxy) is 1. The van der Waals surface area contributed by atoms with E-state index in [-0.39, 0.29) is 23.1 Å². The number of hydrogen-bond donors (Lipinski definition) is 0. The van der Waals surface area contributed by atoms with Gasteiger partial charge in [-0.1, -0.05) is 0 Å². The molecule has 192 valence electrons. The van der Waals surface area contributed by atoms with Crippen molar-refractivity contribution in [3.63, 3.8) is 0 Å². The van der Waals surface area contributed by atoms with Crippen molar-refractivity contribution in [2.75, 3.05) is 13.1 Å². The van der Waals surface area contributed by atoms with Gasteiger partial charge < -0.3 is 14.2 Å². The van der Waals surface area contributed by atoms with Gasteiger partial charge in [0.25, 0.3) is 11.5 Å². The SMILES string of the molecule is CCN(CC)C(=O)c1cc2c(-c3cc(C(C)=O)ccc3Oc3c(C)cc(F)cc3C)cn(C)c(=O)c2s1. The molecule has 0 saturated carbocycles. The second kappa shape index (κ2) is 10.3. The minimum absolute atomic E-state index is 0.120. The van der Waals surface area contributed by atoms with Crippen molar-refractivity contribution in [1.82, 2.24) is 9.47 Å². The molecule has 2 heterocycles. The molecule has 0 unspecified atom stereocenters. The van der Waals surface area contributed by atoms with Crippen molar-refractivity contribution in [3.8, 4) is 22.6 Å². The van der Waals surface area contributed by atoms with Crippen LogP contribution in [0.2, 0.25) is 0 Å². The van der Waals surface area contributed by atoms with Crippen LogP contribution in [0.25, 0.3) is 21.2 Å². The quantitative estimate of drug-likeness (QED) is 0.261. The summed E-state index contributed by atoms with van der Waals surface area (Å²) < 4.78 is 22.2. The minimum Gasteiger partial charge on any atom is -0.456 e. The Hall–Kier alpha value is -3.78. The number of nitrogens with zero attached hydrogens (tertiary/aromatic N) is 2. The number of ketones is 1. The van der Waals surface area contributed by atoms with Crippen LogP contribution >= 0.6 is 11.3 Å². The highest BCUT2D eigenvalue weighted by molar-refractivity contribution is 7.20. The summed E-state index contributed by atoms with van der Waals surface area (Å²) in [6.07, 6.45) is 1.69. The molecular weight excluding hydrogens is 491 g/mol. The van der Waals surface area contributed by atoms with Crippen LogP contribution in [0.1, 0.15) is 51.9 Å². The fourth-order valence-corrected chi connectivity index (χ4v) is 5.56. The summed E-state index contributed by atoms with van der Waals surface area (Å²) in [4.78, 5) is 40.6. The minimum atomic E-state index is -0.349. The second-order valence-corrected chi connectivity index (χ2v) is 10.1. The van der Waals surface area contributed by atoms with Gasteiger partial charge in [-0.25, -0.2) is 4.39 Å². The molecule has 0 aliphatic rings. The zero-order chi connectivity index (χ0) is 27.0. The molecule has 4 aromatic rings. The predicted octanol–water partition coefficient (Wildman–Crippen LogP) is 6.50. The van der Waals surface area contributed by atoms with Gasteiger partial charge >= 0.3 is 0 Å². The van der Waals surface area contributed by atoms with Crippen LogP contribution in [0.15, 0.2) is 47.4 Å². The largest absolute Gasteiger partial charge is 0.456 e. The number of carbonyl (C=O) groups is 2. The van der Waals surface area contributed by atoms with E-state index < -0.39 is 0 Å². The maximum absolute atomic E-state index is 13.9. The number of pyridine rings is 1. The molecule has 2 aromatic heterocycles. The van der Waals surface area contributed by atoms with E-state index in [4.69, 9.17) is 4.74 Å². The van der Waals surface area contributed by atoms with Crippen LogP contribution in [0, 0.1) is 19.7 Å². The molecule has 2 aromatic carbocycles. The Labute approximate surface area is 218 Å². The number of aryl methyl sites for hydroxylation is 3. The van der Waals surface area contributed by atoms with Crippen LogP contribution in [-0.2, 0) is 7.05 Å². The Bertz CT molecular complexity index is 1570. The monoisotopic (exact) mass is 520 g/mol. The highest BCUT2D eigenvalue weighted by atomic mass is 32.1. The van der Waals surface area contributed by atoms with Crippen molar-refractivity contribution >= 4 is 33.1 Å². The van der Waals surface area contributed by atoms with E-state index in [0.717, 1.165) is 0 Å². The van der Waals surface area contributed by atoms with Gasteiger partial charge in [-0.15, -0.1) is 11.3 Å². The van der Waals surface area contributed by atoms with E-state index in [1.807, 2.05) is 13.8 Å². The van der Waals surface area contributed by atoms with E-state index in [9.17, 15) is 18.8 Å². The number of amides is 1. The molecular formula is C29H29FN2O4S. The lowest BCUT2D eigenvalue weighted by Gasteiger charge is -2.17. The van der Waals surface area contributed by atoms with Gasteiger partial charge in [0, 0.05) is 48.4 Å². The van der Waals surface area contributed by atoms with Crippen LogP contribution in [0.3, 0.4) is 0 Å². The van der Waals surface area contributed by atoms with Crippen molar-refractivity contribution in [1.29, 1.82) is 0 Å². The Kier molecular flexibility index (Phi) is 7.32. The fraction of sp³-hybridized carbons (Fsp3) is 0.276. The van der Waals surface area contributed by atoms with Crippen LogP contribution < -0.4 is 10.3 Å². The van der Waals surface area contributed by atoms with Crippen LogP contribution in [0.5, 0.6) is 11.5 Å². The smallest absolute Gasteiger partial charge is 0.268 e. The van der Waals surface area contributed by atoms with Gasteiger partial charge in [-0.2, -0.15) is 0 Å². The molecule has 8 heteroatoms. The standard InChI is InChI=1S/C29H29FN2O4S/c1-7-32(8-2)28(34)25-14-22-23(15-31(6)29(35)27(22)37-25)21-13-19(18(5)33)9-10-24(21)36-26-16(3)11-20(30)12-17(26)4/h9-15H,7-8H2,1-6H3. The van der Waals surface area contributed by atoms with Crippen molar-refractivity contribution in [2.24, 2.45) is 7.05 Å². The average Bonchev–Trinajstić information content (AvgIpc) is 3.30. The van der Waals surface area contributed by atoms with Gasteiger partial charge in [0.15, 0.2) is 5.78 Å². The Balaban J connectivity index is 1.98. The fourth-order valence-electron chi connectivity index (χ4n) is 4.44. The number of fused-ring (bicyclic) bond motifs is 1. The van der Waals surface area contributed by atoms with Gasteiger partial charge in [-0.3, -0.25) is 14.4 Å². The number of rotatable bonds is 7. The number of benzene rings is 2. The van der Waals surface area contributed by atoms with E-state index in [1.54, 1.807) is 56.3 Å². The molecule has 1 amide bonds. The lowest BCUT2D eigenvalue weighted by atomic mass is 9.99. The summed E-state index contributed by atoms with van der Waals surface area (Å²) in [5.41, 5.74) is 2.78. The Morgan fingerprint density at radius 2 is 1.68 bits per heavy atom. The molecule has 0 spiro atoms. The Morgan fingerprint density at radius 3 is 2.27 bits per heavy atom. The summed E-state index contributed by atoms with van der Waals surface area (Å²) in [5.74, 6) is 0.363. The normalized spacial score (nSPS) is 11.1. The summed E-state index contributed by atoms with van der Waals surface area (Å²) >= 11 is 1.17. The lowest BCUT2D eigenvalue weighted by molar-refractivity contribution is 0.0777. The molecule has 6 nitrogen and oxygen atoms in total. The molecule has 0 N–H and O–H groups in total. The van der Waals surface area contributed by atoms with Gasteiger partial charge in [0.1, 0.15) is 22.0 Å². The summed E-state index contributed by atoms with van der Waals surface area (Å²) in [5, 5.41) is 0.613. The van der Waals surface area contributed by atoms with E-state index in [0.29, 0.717) is 67.4 Å². The number of halogens is 1. The third-order valence-electron chi connectivity index (χ3n) is 6.43. The maximum atomic E-state index is 13.9. The molecule has 0 saturated heterocycles. The number of thiophene rings is 1. The molecule has 0 aliphatic heterocycles. The van der Waals surface area contributed by atoms with E-state index in [1.165, 1.54) is 35.0 Å². The maximum Gasteiger partial charge on any atom is 0.268 e. The molecule has 0 fully saturated rings. The second-order valence-electron chi connectivity index (χ2n) is 9.03. The Morgan fingerprint density at radius 1 is 1.03 bits per heavy atom. The van der Waals surface area contributed by atoms with Crippen LogP contribution in [-0.4, -0.2) is 34.2 Å². The molecule has 37 heavy (non-hydrogen) atoms. The number of hydrogen-bond acceptors (Lipinski definition) is 5. The number of carbonyl (C=O) groups excluding carboxylic acids is 2. The summed E-state index contributed by atoms with van der Waals surface area (Å²) in [7, 11) is 1.65. The third-order valence-corrected chi connectivity index (χ3v) is 7.55. The predicted molar refractivity (Wildman–Crippen MR) is 146 cm³/mol. The first-order valence-corrected chi connectivity index (χ1v) is 12.9. The van der Waals surface area contributed by atoms with E-state index in [2.05, 4.69) is 0 Å². The van der Waals surface area contributed by atoms with Crippen LogP contribution in [0.4, 0.5) is 4.39 Å². The van der Waals surface area contributed by atoms with Gasteiger partial charge in [0.2, 0.25) is 0 Å². The summed E-state index contributed by atoms with van der Waals surface area (Å²) in [6.45, 7) is 9.96. The van der Waals surface area contributed by atoms with E-state index >= 15 is 0 Å². The average molecular weight is 521 g/mol. The van der Waals surface area contributed by atoms with Gasteiger partial charge in [0.05, 0.1) is 4.88 Å². The van der Waals surface area contributed by atoms with Crippen molar-refractivity contribution < 1.29 is 18.7 Å². The molecule has 4 rings (SSSR count). The molecule has 0 aliphatic carbocycles. The van der Waals surface area contributed by atoms with Crippen molar-refractivity contribution in [3.05, 3.63) is 80.3 Å². The first-order chi connectivity index (χ1) is 17.5. The zero-order valence-electron chi connectivity index (χ0n) is 21.8. The summed E-state index contributed by atoms with van der Waals surface area (Å²) in [6, 6.07) is 9.67. The molecule has 0 bridgehead atoms. The van der Waals surface area contributed by atoms with Gasteiger partial charge in [-0.05, 0) is 82.1 Å².